The Morgan fingerprint density at radius 2 is 2.50 bits per heavy atom. The topological polar surface area (TPSA) is 12.5 Å². The van der Waals surface area contributed by atoms with E-state index in [0.29, 0.717) is 19.6 Å². The van der Waals surface area contributed by atoms with Gasteiger partial charge < -0.3 is 4.74 Å². The van der Waals surface area contributed by atoms with Crippen molar-refractivity contribution in [2.45, 2.75) is 31.0 Å². The maximum atomic E-state index is 13.1. The molecule has 0 saturated carbocycles. The van der Waals surface area contributed by atoms with Crippen LogP contribution in [0.2, 0.25) is 0 Å². The van der Waals surface area contributed by atoms with Gasteiger partial charge in [0.1, 0.15) is 6.17 Å². The minimum absolute atomic E-state index is 0.0637. The summed E-state index contributed by atoms with van der Waals surface area (Å²) in [6.07, 6.45) is 2.37. The van der Waals surface area contributed by atoms with Crippen molar-refractivity contribution in [3.05, 3.63) is 0 Å². The summed E-state index contributed by atoms with van der Waals surface area (Å²) in [5.41, 5.74) is 0.0637. The normalized spacial score (nSPS) is 42.0. The van der Waals surface area contributed by atoms with E-state index < -0.39 is 6.17 Å². The maximum Gasteiger partial charge on any atom is 0.115 e. The van der Waals surface area contributed by atoms with Gasteiger partial charge >= 0.3 is 0 Å². The molecule has 0 aliphatic carbocycles. The monoisotopic (exact) mass is 173 g/mol. The Hall–Kier alpha value is -0.150. The summed E-state index contributed by atoms with van der Waals surface area (Å²) in [7, 11) is 1.71. The Morgan fingerprint density at radius 3 is 3.25 bits per heavy atom. The van der Waals surface area contributed by atoms with Gasteiger partial charge in [0.05, 0.1) is 6.61 Å². The molecular formula is C9H16FNO. The molecule has 0 aromatic carbocycles. The zero-order valence-electron chi connectivity index (χ0n) is 7.55. The Morgan fingerprint density at radius 1 is 1.67 bits per heavy atom. The summed E-state index contributed by atoms with van der Waals surface area (Å²) in [4.78, 5) is 2.27. The molecule has 0 N–H and O–H groups in total. The van der Waals surface area contributed by atoms with Crippen LogP contribution in [0.25, 0.3) is 0 Å². The molecule has 3 heteroatoms. The molecule has 2 aliphatic heterocycles. The summed E-state index contributed by atoms with van der Waals surface area (Å²) in [6.45, 7) is 2.39. The van der Waals surface area contributed by atoms with E-state index in [1.165, 1.54) is 6.42 Å². The van der Waals surface area contributed by atoms with E-state index in [-0.39, 0.29) is 5.54 Å². The van der Waals surface area contributed by atoms with Gasteiger partial charge in [-0.1, -0.05) is 0 Å². The lowest BCUT2D eigenvalue weighted by molar-refractivity contribution is 0.0652. The number of hydrogen-bond donors (Lipinski definition) is 0. The van der Waals surface area contributed by atoms with Gasteiger partial charge in [-0.3, -0.25) is 4.90 Å². The van der Waals surface area contributed by atoms with Crippen LogP contribution in [-0.4, -0.2) is 43.4 Å². The molecule has 2 fully saturated rings. The zero-order chi connectivity index (χ0) is 8.60. The zero-order valence-corrected chi connectivity index (χ0v) is 7.55. The number of halogens is 1. The van der Waals surface area contributed by atoms with E-state index in [9.17, 15) is 4.39 Å². The van der Waals surface area contributed by atoms with Crippen molar-refractivity contribution in [1.29, 1.82) is 0 Å². The standard InChI is InChI=1S/C9H16FNO/c1-12-7-9-3-2-4-11(9)6-8(10)5-9/h8H,2-7H2,1H3/t8-,9+/m1/s1. The fourth-order valence-corrected chi connectivity index (χ4v) is 2.72. The van der Waals surface area contributed by atoms with Crippen LogP contribution in [0.1, 0.15) is 19.3 Å². The van der Waals surface area contributed by atoms with E-state index in [1.54, 1.807) is 7.11 Å². The molecule has 0 aromatic heterocycles. The summed E-state index contributed by atoms with van der Waals surface area (Å²) in [5, 5.41) is 0. The fourth-order valence-electron chi connectivity index (χ4n) is 2.72. The predicted molar refractivity (Wildman–Crippen MR) is 44.9 cm³/mol. The van der Waals surface area contributed by atoms with Crippen LogP contribution in [0.4, 0.5) is 4.39 Å². The molecule has 0 amide bonds. The highest BCUT2D eigenvalue weighted by Gasteiger charge is 2.48. The Kier molecular flexibility index (Phi) is 2.09. The fraction of sp³-hybridized carbons (Fsp3) is 1.00. The van der Waals surface area contributed by atoms with Gasteiger partial charge in [-0.2, -0.15) is 0 Å². The molecule has 0 spiro atoms. The lowest BCUT2D eigenvalue weighted by Gasteiger charge is -2.30. The summed E-state index contributed by atoms with van der Waals surface area (Å²) in [5.74, 6) is 0. The molecule has 0 radical (unpaired) electrons. The van der Waals surface area contributed by atoms with Crippen molar-refractivity contribution in [2.75, 3.05) is 26.8 Å². The molecule has 2 saturated heterocycles. The number of rotatable bonds is 2. The minimum Gasteiger partial charge on any atom is -0.383 e. The average molecular weight is 173 g/mol. The summed E-state index contributed by atoms with van der Waals surface area (Å²) < 4.78 is 18.3. The molecular weight excluding hydrogens is 157 g/mol. The smallest absolute Gasteiger partial charge is 0.115 e. The van der Waals surface area contributed by atoms with Crippen molar-refractivity contribution in [3.63, 3.8) is 0 Å². The van der Waals surface area contributed by atoms with Crippen LogP contribution >= 0.6 is 0 Å². The van der Waals surface area contributed by atoms with Crippen molar-refractivity contribution in [3.8, 4) is 0 Å². The number of hydrogen-bond acceptors (Lipinski definition) is 2. The van der Waals surface area contributed by atoms with E-state index in [2.05, 4.69) is 4.90 Å². The third kappa shape index (κ3) is 1.15. The molecule has 0 unspecified atom stereocenters. The molecule has 2 nitrogen and oxygen atoms in total. The summed E-state index contributed by atoms with van der Waals surface area (Å²) in [6, 6.07) is 0. The van der Waals surface area contributed by atoms with Gasteiger partial charge in [0.25, 0.3) is 0 Å². The van der Waals surface area contributed by atoms with E-state index in [0.717, 1.165) is 13.0 Å². The second-order valence-electron chi connectivity index (χ2n) is 4.01. The highest BCUT2D eigenvalue weighted by atomic mass is 19.1. The number of ether oxygens (including phenoxy) is 1. The first-order valence-electron chi connectivity index (χ1n) is 4.65. The number of methoxy groups -OCH3 is 1. The van der Waals surface area contributed by atoms with Crippen molar-refractivity contribution >= 4 is 0 Å². The molecule has 2 rings (SSSR count). The molecule has 12 heavy (non-hydrogen) atoms. The lowest BCUT2D eigenvalue weighted by atomic mass is 9.95. The first-order valence-corrected chi connectivity index (χ1v) is 4.65. The number of nitrogens with zero attached hydrogens (tertiary/aromatic N) is 1. The largest absolute Gasteiger partial charge is 0.383 e. The molecule has 2 heterocycles. The van der Waals surface area contributed by atoms with Crippen LogP contribution in [0, 0.1) is 0 Å². The minimum atomic E-state index is -0.625. The number of fused-ring (bicyclic) bond motifs is 1. The van der Waals surface area contributed by atoms with E-state index >= 15 is 0 Å². The highest BCUT2D eigenvalue weighted by Crippen LogP contribution is 2.39. The first-order chi connectivity index (χ1) is 5.77. The Balaban J connectivity index is 2.09. The van der Waals surface area contributed by atoms with Crippen LogP contribution in [0.3, 0.4) is 0 Å². The van der Waals surface area contributed by atoms with E-state index in [4.69, 9.17) is 4.74 Å². The lowest BCUT2D eigenvalue weighted by Crippen LogP contribution is -2.42. The highest BCUT2D eigenvalue weighted by molar-refractivity contribution is 5.03. The molecule has 70 valence electrons. The molecule has 2 atom stereocenters. The predicted octanol–water partition coefficient (Wildman–Crippen LogP) is 1.21. The molecule has 0 aromatic rings. The van der Waals surface area contributed by atoms with Gasteiger partial charge in [0.15, 0.2) is 0 Å². The Bertz CT molecular complexity index is 176. The summed E-state index contributed by atoms with van der Waals surface area (Å²) >= 11 is 0. The second kappa shape index (κ2) is 2.96. The van der Waals surface area contributed by atoms with Gasteiger partial charge in [-0.15, -0.1) is 0 Å². The third-order valence-corrected chi connectivity index (χ3v) is 3.17. The quantitative estimate of drug-likeness (QED) is 0.622. The van der Waals surface area contributed by atoms with Gasteiger partial charge in [-0.25, -0.2) is 4.39 Å². The second-order valence-corrected chi connectivity index (χ2v) is 4.01. The van der Waals surface area contributed by atoms with Crippen LogP contribution in [0.5, 0.6) is 0 Å². The average Bonchev–Trinajstić information content (AvgIpc) is 2.44. The van der Waals surface area contributed by atoms with Gasteiger partial charge in [-0.05, 0) is 19.4 Å². The number of alkyl halides is 1. The SMILES string of the molecule is COC[C@@]12CCCN1C[C@H](F)C2. The molecule has 0 bridgehead atoms. The molecule has 2 aliphatic rings. The Labute approximate surface area is 72.7 Å². The van der Waals surface area contributed by atoms with Crippen molar-refractivity contribution in [2.24, 2.45) is 0 Å². The van der Waals surface area contributed by atoms with Crippen molar-refractivity contribution in [1.82, 2.24) is 4.90 Å². The first kappa shape index (κ1) is 8.45. The van der Waals surface area contributed by atoms with Gasteiger partial charge in [0, 0.05) is 25.6 Å². The van der Waals surface area contributed by atoms with E-state index in [1.807, 2.05) is 0 Å². The van der Waals surface area contributed by atoms with Crippen LogP contribution in [0.15, 0.2) is 0 Å². The van der Waals surface area contributed by atoms with Crippen LogP contribution < -0.4 is 0 Å². The van der Waals surface area contributed by atoms with Gasteiger partial charge in [0.2, 0.25) is 0 Å². The van der Waals surface area contributed by atoms with Crippen LogP contribution in [-0.2, 0) is 4.74 Å². The third-order valence-electron chi connectivity index (χ3n) is 3.17. The maximum absolute atomic E-state index is 13.1. The van der Waals surface area contributed by atoms with Crippen molar-refractivity contribution < 1.29 is 9.13 Å².